The van der Waals surface area contributed by atoms with Crippen molar-refractivity contribution in [2.75, 3.05) is 6.54 Å². The van der Waals surface area contributed by atoms with E-state index in [1.807, 2.05) is 0 Å². The van der Waals surface area contributed by atoms with Crippen molar-refractivity contribution in [3.05, 3.63) is 0 Å². The summed E-state index contributed by atoms with van der Waals surface area (Å²) in [6.45, 7) is -0.398. The van der Waals surface area contributed by atoms with E-state index < -0.39 is 41.9 Å². The first-order valence-corrected chi connectivity index (χ1v) is 5.94. The van der Waals surface area contributed by atoms with Gasteiger partial charge >= 0.3 is 17.9 Å². The molecule has 0 bridgehead atoms. The molecule has 112 valence electrons. The first-order valence-electron chi connectivity index (χ1n) is 5.94. The minimum absolute atomic E-state index is 0.0572. The number of aliphatic carboxylic acids is 3. The van der Waals surface area contributed by atoms with E-state index in [4.69, 9.17) is 21.1 Å². The molecule has 1 fully saturated rings. The first kappa shape index (κ1) is 15.9. The molecular weight excluding hydrogens is 272 g/mol. The van der Waals surface area contributed by atoms with Crippen LogP contribution in [-0.4, -0.2) is 62.2 Å². The number of likely N-dealkylation sites (tertiary alicyclic amines) is 1. The highest BCUT2D eigenvalue weighted by Crippen LogP contribution is 2.27. The molecule has 9 nitrogen and oxygen atoms in total. The second-order valence-electron chi connectivity index (χ2n) is 4.79. The molecule has 0 radical (unpaired) electrons. The van der Waals surface area contributed by atoms with E-state index in [0.29, 0.717) is 0 Å². The topological polar surface area (TPSA) is 158 Å². The number of hydrogen-bond donors (Lipinski definition) is 4. The van der Waals surface area contributed by atoms with E-state index in [0.717, 1.165) is 4.90 Å². The van der Waals surface area contributed by atoms with E-state index in [1.165, 1.54) is 0 Å². The van der Waals surface area contributed by atoms with Crippen LogP contribution >= 0.6 is 0 Å². The van der Waals surface area contributed by atoms with E-state index >= 15 is 0 Å². The van der Waals surface area contributed by atoms with Crippen molar-refractivity contribution in [1.82, 2.24) is 4.90 Å². The minimum atomic E-state index is -1.79. The van der Waals surface area contributed by atoms with Gasteiger partial charge in [-0.1, -0.05) is 0 Å². The van der Waals surface area contributed by atoms with Gasteiger partial charge in [0.15, 0.2) is 0 Å². The highest BCUT2D eigenvalue weighted by Gasteiger charge is 2.51. The van der Waals surface area contributed by atoms with Gasteiger partial charge in [-0.25, -0.2) is 4.79 Å². The summed E-state index contributed by atoms with van der Waals surface area (Å²) in [5.74, 6) is -4.37. The fraction of sp³-hybridized carbons (Fsp3) is 0.636. The molecule has 0 aromatic rings. The van der Waals surface area contributed by atoms with Crippen molar-refractivity contribution in [2.24, 2.45) is 5.73 Å². The Morgan fingerprint density at radius 3 is 2.20 bits per heavy atom. The maximum Gasteiger partial charge on any atom is 0.326 e. The number of amides is 1. The minimum Gasteiger partial charge on any atom is -0.481 e. The standard InChI is InChI=1S/C11H16N2O7/c12-11(10(19)20)4-6(9(17)18)13(5-11)7(14)2-1-3-8(15)16/h6H,1-5,12H2,(H,15,16)(H,17,18)(H,19,20)/t6-,11+/m0/s1. The molecule has 5 N–H and O–H groups in total. The highest BCUT2D eigenvalue weighted by atomic mass is 16.4. The Hall–Kier alpha value is -2.16. The average Bonchev–Trinajstić information content (AvgIpc) is 2.68. The average molecular weight is 288 g/mol. The quantitative estimate of drug-likeness (QED) is 0.469. The number of carbonyl (C=O) groups excluding carboxylic acids is 1. The smallest absolute Gasteiger partial charge is 0.326 e. The summed E-state index contributed by atoms with van der Waals surface area (Å²) < 4.78 is 0. The maximum absolute atomic E-state index is 11.9. The molecule has 1 saturated heterocycles. The highest BCUT2D eigenvalue weighted by molar-refractivity contribution is 5.89. The molecule has 1 heterocycles. The predicted molar refractivity (Wildman–Crippen MR) is 63.8 cm³/mol. The molecule has 0 aromatic heterocycles. The Labute approximate surface area is 114 Å². The van der Waals surface area contributed by atoms with Crippen molar-refractivity contribution < 1.29 is 34.5 Å². The predicted octanol–water partition coefficient (Wildman–Crippen LogP) is -1.29. The van der Waals surface area contributed by atoms with Crippen LogP contribution in [0.3, 0.4) is 0 Å². The molecule has 1 aliphatic heterocycles. The van der Waals surface area contributed by atoms with Crippen molar-refractivity contribution in [2.45, 2.75) is 37.3 Å². The molecule has 0 spiro atoms. The fourth-order valence-electron chi connectivity index (χ4n) is 2.11. The maximum atomic E-state index is 11.9. The van der Waals surface area contributed by atoms with Gasteiger partial charge in [-0.05, 0) is 6.42 Å². The number of rotatable bonds is 6. The van der Waals surface area contributed by atoms with E-state index in [1.54, 1.807) is 0 Å². The Bertz CT molecular complexity index is 450. The van der Waals surface area contributed by atoms with Crippen LogP contribution in [0.1, 0.15) is 25.7 Å². The third kappa shape index (κ3) is 3.44. The van der Waals surface area contributed by atoms with Crippen LogP contribution in [0.25, 0.3) is 0 Å². The van der Waals surface area contributed by atoms with Crippen LogP contribution in [-0.2, 0) is 19.2 Å². The summed E-state index contributed by atoms with van der Waals surface area (Å²) in [5, 5.41) is 26.5. The molecule has 0 aromatic carbocycles. The Balaban J connectivity index is 2.75. The SMILES string of the molecule is N[C@]1(C(=O)O)C[C@@H](C(=O)O)N(C(=O)CCCC(=O)O)C1. The van der Waals surface area contributed by atoms with Crippen LogP contribution in [0.4, 0.5) is 0 Å². The van der Waals surface area contributed by atoms with Crippen molar-refractivity contribution in [3.63, 3.8) is 0 Å². The third-order valence-electron chi connectivity index (χ3n) is 3.20. The van der Waals surface area contributed by atoms with E-state index in [2.05, 4.69) is 0 Å². The third-order valence-corrected chi connectivity index (χ3v) is 3.20. The lowest BCUT2D eigenvalue weighted by molar-refractivity contribution is -0.148. The fourth-order valence-corrected chi connectivity index (χ4v) is 2.11. The summed E-state index contributed by atoms with van der Waals surface area (Å²) in [5.41, 5.74) is 3.80. The number of hydrogen-bond acceptors (Lipinski definition) is 5. The molecule has 0 saturated carbocycles. The molecule has 0 aliphatic carbocycles. The zero-order valence-electron chi connectivity index (χ0n) is 10.6. The van der Waals surface area contributed by atoms with Gasteiger partial charge in [-0.15, -0.1) is 0 Å². The monoisotopic (exact) mass is 288 g/mol. The normalized spacial score (nSPS) is 25.4. The molecule has 20 heavy (non-hydrogen) atoms. The van der Waals surface area contributed by atoms with E-state index in [9.17, 15) is 19.2 Å². The molecule has 0 unspecified atom stereocenters. The van der Waals surface area contributed by atoms with Gasteiger partial charge in [-0.3, -0.25) is 14.4 Å². The number of carboxylic acid groups (broad SMARTS) is 3. The van der Waals surface area contributed by atoms with Crippen LogP contribution in [0.15, 0.2) is 0 Å². The lowest BCUT2D eigenvalue weighted by Gasteiger charge is -2.22. The molecule has 9 heteroatoms. The number of nitrogens with zero attached hydrogens (tertiary/aromatic N) is 1. The van der Waals surface area contributed by atoms with Crippen molar-refractivity contribution in [3.8, 4) is 0 Å². The van der Waals surface area contributed by atoms with Crippen LogP contribution < -0.4 is 5.73 Å². The summed E-state index contributed by atoms with van der Waals surface area (Å²) in [6, 6.07) is -1.30. The Morgan fingerprint density at radius 1 is 1.15 bits per heavy atom. The van der Waals surface area contributed by atoms with Gasteiger partial charge in [-0.2, -0.15) is 0 Å². The lowest BCUT2D eigenvalue weighted by atomic mass is 9.98. The molecule has 1 amide bonds. The zero-order valence-corrected chi connectivity index (χ0v) is 10.6. The molecule has 1 aliphatic rings. The first-order chi connectivity index (χ1) is 9.17. The van der Waals surface area contributed by atoms with Crippen LogP contribution in [0, 0.1) is 0 Å². The van der Waals surface area contributed by atoms with Gasteiger partial charge in [0.05, 0.1) is 6.54 Å². The Morgan fingerprint density at radius 2 is 1.75 bits per heavy atom. The summed E-state index contributed by atoms with van der Waals surface area (Å²) >= 11 is 0. The number of carbonyl (C=O) groups is 4. The van der Waals surface area contributed by atoms with Crippen molar-refractivity contribution >= 4 is 23.8 Å². The number of carboxylic acids is 3. The second kappa shape index (κ2) is 5.87. The molecular formula is C11H16N2O7. The summed E-state index contributed by atoms with van der Waals surface area (Å²) in [6.07, 6.45) is -0.695. The summed E-state index contributed by atoms with van der Waals surface area (Å²) in [7, 11) is 0. The zero-order chi connectivity index (χ0) is 15.5. The van der Waals surface area contributed by atoms with Gasteiger partial charge in [0.2, 0.25) is 5.91 Å². The molecule has 1 rings (SSSR count). The van der Waals surface area contributed by atoms with Gasteiger partial charge < -0.3 is 26.0 Å². The largest absolute Gasteiger partial charge is 0.481 e. The van der Waals surface area contributed by atoms with Gasteiger partial charge in [0.25, 0.3) is 0 Å². The van der Waals surface area contributed by atoms with Crippen LogP contribution in [0.2, 0.25) is 0 Å². The van der Waals surface area contributed by atoms with Gasteiger partial charge in [0, 0.05) is 19.3 Å². The van der Waals surface area contributed by atoms with Crippen LogP contribution in [0.5, 0.6) is 0 Å². The Kier molecular flexibility index (Phi) is 4.66. The van der Waals surface area contributed by atoms with Gasteiger partial charge in [0.1, 0.15) is 11.6 Å². The second-order valence-corrected chi connectivity index (χ2v) is 4.79. The number of nitrogens with two attached hydrogens (primary N) is 1. The summed E-state index contributed by atoms with van der Waals surface area (Å²) in [4.78, 5) is 45.2. The molecule has 2 atom stereocenters. The van der Waals surface area contributed by atoms with Crippen molar-refractivity contribution in [1.29, 1.82) is 0 Å². The van der Waals surface area contributed by atoms with E-state index in [-0.39, 0.29) is 25.7 Å². The lowest BCUT2D eigenvalue weighted by Crippen LogP contribution is -2.50.